The van der Waals surface area contributed by atoms with Crippen molar-refractivity contribution in [3.8, 4) is 0 Å². The highest BCUT2D eigenvalue weighted by molar-refractivity contribution is 7.99. The molecule has 1 saturated heterocycles. The minimum absolute atomic E-state index is 0.468. The van der Waals surface area contributed by atoms with Gasteiger partial charge in [0.2, 0.25) is 0 Å². The zero-order valence-corrected chi connectivity index (χ0v) is 12.2. The summed E-state index contributed by atoms with van der Waals surface area (Å²) in [4.78, 5) is 2.58. The fourth-order valence-electron chi connectivity index (χ4n) is 2.79. The molecular weight excluding hydrogens is 240 g/mol. The van der Waals surface area contributed by atoms with Crippen molar-refractivity contribution in [1.82, 2.24) is 4.90 Å². The summed E-state index contributed by atoms with van der Waals surface area (Å²) in [6.07, 6.45) is 0. The van der Waals surface area contributed by atoms with Gasteiger partial charge in [0.1, 0.15) is 0 Å². The molecule has 0 saturated carbocycles. The van der Waals surface area contributed by atoms with Gasteiger partial charge in [0.15, 0.2) is 0 Å². The van der Waals surface area contributed by atoms with Gasteiger partial charge in [0, 0.05) is 36.7 Å². The van der Waals surface area contributed by atoms with E-state index < -0.39 is 0 Å². The van der Waals surface area contributed by atoms with E-state index in [1.54, 1.807) is 0 Å². The van der Waals surface area contributed by atoms with Gasteiger partial charge in [-0.2, -0.15) is 11.8 Å². The number of hydrogen-bond acceptors (Lipinski definition) is 3. The van der Waals surface area contributed by atoms with E-state index in [9.17, 15) is 0 Å². The SMILES string of the molecule is CC1CN(C(CN)C(C)c2ccccc2)CCS1. The number of rotatable bonds is 4. The highest BCUT2D eigenvalue weighted by Crippen LogP contribution is 2.27. The summed E-state index contributed by atoms with van der Waals surface area (Å²) in [6, 6.07) is 11.2. The van der Waals surface area contributed by atoms with E-state index in [1.807, 2.05) is 0 Å². The van der Waals surface area contributed by atoms with Gasteiger partial charge in [0.25, 0.3) is 0 Å². The van der Waals surface area contributed by atoms with Crippen molar-refractivity contribution in [1.29, 1.82) is 0 Å². The predicted octanol–water partition coefficient (Wildman–Crippen LogP) is 2.55. The second-order valence-electron chi connectivity index (χ2n) is 5.18. The minimum atomic E-state index is 0.468. The Morgan fingerprint density at radius 3 is 2.72 bits per heavy atom. The molecule has 1 aromatic carbocycles. The molecule has 1 aliphatic heterocycles. The molecule has 3 unspecified atom stereocenters. The Labute approximate surface area is 115 Å². The summed E-state index contributed by atoms with van der Waals surface area (Å²) in [7, 11) is 0. The number of nitrogens with zero attached hydrogens (tertiary/aromatic N) is 1. The van der Waals surface area contributed by atoms with Crippen LogP contribution in [0.4, 0.5) is 0 Å². The molecule has 3 atom stereocenters. The molecule has 1 aromatic rings. The van der Waals surface area contributed by atoms with Crippen LogP contribution in [0.1, 0.15) is 25.3 Å². The second-order valence-corrected chi connectivity index (χ2v) is 6.73. The monoisotopic (exact) mass is 264 g/mol. The Kier molecular flexibility index (Phi) is 5.10. The van der Waals surface area contributed by atoms with Crippen molar-refractivity contribution in [3.05, 3.63) is 35.9 Å². The van der Waals surface area contributed by atoms with Crippen LogP contribution in [0.25, 0.3) is 0 Å². The molecule has 2 rings (SSSR count). The molecule has 18 heavy (non-hydrogen) atoms. The van der Waals surface area contributed by atoms with E-state index in [0.717, 1.165) is 11.8 Å². The summed E-state index contributed by atoms with van der Waals surface area (Å²) in [5, 5.41) is 0.732. The van der Waals surface area contributed by atoms with Crippen molar-refractivity contribution in [3.63, 3.8) is 0 Å². The molecule has 1 fully saturated rings. The van der Waals surface area contributed by atoms with Crippen molar-refractivity contribution < 1.29 is 0 Å². The quantitative estimate of drug-likeness (QED) is 0.906. The average molecular weight is 264 g/mol. The third kappa shape index (κ3) is 3.28. The number of thioether (sulfide) groups is 1. The van der Waals surface area contributed by atoms with Gasteiger partial charge in [-0.05, 0) is 11.5 Å². The van der Waals surface area contributed by atoms with Gasteiger partial charge < -0.3 is 5.73 Å². The molecule has 0 aromatic heterocycles. The highest BCUT2D eigenvalue weighted by atomic mass is 32.2. The van der Waals surface area contributed by atoms with E-state index in [0.29, 0.717) is 12.0 Å². The standard InChI is InChI=1S/C15H24N2S/c1-12-11-17(8-9-18-12)15(10-16)13(2)14-6-4-3-5-7-14/h3-7,12-13,15H,8-11,16H2,1-2H3. The molecule has 0 aliphatic carbocycles. The maximum atomic E-state index is 6.04. The summed E-state index contributed by atoms with van der Waals surface area (Å²) >= 11 is 2.07. The molecule has 2 nitrogen and oxygen atoms in total. The van der Waals surface area contributed by atoms with Gasteiger partial charge in [-0.3, -0.25) is 4.90 Å². The number of hydrogen-bond donors (Lipinski definition) is 1. The largest absolute Gasteiger partial charge is 0.329 e. The Bertz CT molecular complexity index is 355. The van der Waals surface area contributed by atoms with Crippen LogP contribution in [0.5, 0.6) is 0 Å². The molecule has 2 N–H and O–H groups in total. The van der Waals surface area contributed by atoms with Crippen LogP contribution in [0.3, 0.4) is 0 Å². The van der Waals surface area contributed by atoms with Crippen LogP contribution in [0.2, 0.25) is 0 Å². The van der Waals surface area contributed by atoms with E-state index in [-0.39, 0.29) is 0 Å². The average Bonchev–Trinajstić information content (AvgIpc) is 2.40. The normalized spacial score (nSPS) is 24.7. The first-order chi connectivity index (χ1) is 8.72. The van der Waals surface area contributed by atoms with Crippen molar-refractivity contribution >= 4 is 11.8 Å². The van der Waals surface area contributed by atoms with Gasteiger partial charge in [-0.15, -0.1) is 0 Å². The summed E-state index contributed by atoms with van der Waals surface area (Å²) in [5.74, 6) is 1.74. The molecular formula is C15H24N2S. The molecule has 0 bridgehead atoms. The minimum Gasteiger partial charge on any atom is -0.329 e. The number of nitrogens with two attached hydrogens (primary N) is 1. The van der Waals surface area contributed by atoms with Crippen molar-refractivity contribution in [2.24, 2.45) is 5.73 Å². The Morgan fingerprint density at radius 1 is 1.39 bits per heavy atom. The zero-order chi connectivity index (χ0) is 13.0. The summed E-state index contributed by atoms with van der Waals surface area (Å²) in [6.45, 7) is 7.71. The molecule has 1 aliphatic rings. The van der Waals surface area contributed by atoms with Gasteiger partial charge in [0.05, 0.1) is 0 Å². The summed E-state index contributed by atoms with van der Waals surface area (Å²) < 4.78 is 0. The van der Waals surface area contributed by atoms with Gasteiger partial charge in [-0.1, -0.05) is 44.2 Å². The zero-order valence-electron chi connectivity index (χ0n) is 11.4. The molecule has 0 amide bonds. The van der Waals surface area contributed by atoms with Crippen LogP contribution in [0, 0.1) is 0 Å². The Morgan fingerprint density at radius 2 is 2.11 bits per heavy atom. The Balaban J connectivity index is 2.08. The van der Waals surface area contributed by atoms with Gasteiger partial charge in [-0.25, -0.2) is 0 Å². The van der Waals surface area contributed by atoms with Crippen LogP contribution in [0.15, 0.2) is 30.3 Å². The first-order valence-corrected chi connectivity index (χ1v) is 7.88. The molecule has 3 heteroatoms. The lowest BCUT2D eigenvalue weighted by atomic mass is 9.92. The van der Waals surface area contributed by atoms with E-state index in [2.05, 4.69) is 60.8 Å². The lowest BCUT2D eigenvalue weighted by Gasteiger charge is -2.39. The van der Waals surface area contributed by atoms with Crippen LogP contribution >= 0.6 is 11.8 Å². The maximum absolute atomic E-state index is 6.04. The topological polar surface area (TPSA) is 29.3 Å². The molecule has 100 valence electrons. The lowest BCUT2D eigenvalue weighted by Crippen LogP contribution is -2.49. The van der Waals surface area contributed by atoms with Crippen LogP contribution in [-0.4, -0.2) is 41.6 Å². The molecule has 0 spiro atoms. The molecule has 1 heterocycles. The summed E-state index contributed by atoms with van der Waals surface area (Å²) in [5.41, 5.74) is 7.44. The van der Waals surface area contributed by atoms with E-state index in [4.69, 9.17) is 5.73 Å². The van der Waals surface area contributed by atoms with Crippen molar-refractivity contribution in [2.75, 3.05) is 25.4 Å². The van der Waals surface area contributed by atoms with Crippen LogP contribution < -0.4 is 5.73 Å². The van der Waals surface area contributed by atoms with E-state index >= 15 is 0 Å². The maximum Gasteiger partial charge on any atom is 0.0285 e. The lowest BCUT2D eigenvalue weighted by molar-refractivity contribution is 0.187. The fourth-order valence-corrected chi connectivity index (χ4v) is 3.83. The highest BCUT2D eigenvalue weighted by Gasteiger charge is 2.27. The first kappa shape index (κ1) is 13.9. The first-order valence-electron chi connectivity index (χ1n) is 6.83. The van der Waals surface area contributed by atoms with E-state index in [1.165, 1.54) is 24.4 Å². The molecule has 0 radical (unpaired) electrons. The Hall–Kier alpha value is -0.510. The smallest absolute Gasteiger partial charge is 0.0285 e. The fraction of sp³-hybridized carbons (Fsp3) is 0.600. The number of benzene rings is 1. The predicted molar refractivity (Wildman–Crippen MR) is 81.2 cm³/mol. The van der Waals surface area contributed by atoms with Crippen molar-refractivity contribution in [2.45, 2.75) is 31.1 Å². The third-order valence-electron chi connectivity index (χ3n) is 3.89. The third-order valence-corrected chi connectivity index (χ3v) is 5.02. The second kappa shape index (κ2) is 6.60. The van der Waals surface area contributed by atoms with Crippen LogP contribution in [-0.2, 0) is 0 Å². The van der Waals surface area contributed by atoms with Gasteiger partial charge >= 0.3 is 0 Å².